The van der Waals surface area contributed by atoms with E-state index >= 15 is 0 Å². The Balaban J connectivity index is 3.36. The first-order valence-electron chi connectivity index (χ1n) is 5.66. The number of ether oxygens (including phenoxy) is 1. The zero-order chi connectivity index (χ0) is 14.8. The van der Waals surface area contributed by atoms with E-state index in [0.717, 1.165) is 4.47 Å². The van der Waals surface area contributed by atoms with Gasteiger partial charge in [0, 0.05) is 18.3 Å². The highest BCUT2D eigenvalue weighted by atomic mass is 32.2. The summed E-state index contributed by atoms with van der Waals surface area (Å²) < 4.78 is 30.1. The average Bonchev–Trinajstić information content (AvgIpc) is 2.64. The molecule has 8 heteroatoms. The largest absolute Gasteiger partial charge is 0.461 e. The summed E-state index contributed by atoms with van der Waals surface area (Å²) in [7, 11) is -1.27. The fourth-order valence-corrected chi connectivity index (χ4v) is 3.13. The monoisotopic (exact) mass is 290 g/mol. The fraction of sp³-hybridized carbons (Fsp3) is 0.545. The Bertz CT molecular complexity index is 576. The summed E-state index contributed by atoms with van der Waals surface area (Å²) in [4.78, 5) is 19.2. The predicted molar refractivity (Wildman–Crippen MR) is 68.2 cm³/mol. The van der Waals surface area contributed by atoms with Crippen molar-refractivity contribution in [2.24, 2.45) is 0 Å². The van der Waals surface area contributed by atoms with Gasteiger partial charge >= 0.3 is 5.97 Å². The third kappa shape index (κ3) is 2.80. The molecular weight excluding hydrogens is 272 g/mol. The summed E-state index contributed by atoms with van der Waals surface area (Å²) in [6.07, 6.45) is 0. The number of nitrogens with zero attached hydrogens (tertiary/aromatic N) is 1. The summed E-state index contributed by atoms with van der Waals surface area (Å²) in [5.74, 6) is -0.579. The van der Waals surface area contributed by atoms with Gasteiger partial charge in [-0.3, -0.25) is 4.84 Å². The Morgan fingerprint density at radius 2 is 1.95 bits per heavy atom. The first kappa shape index (κ1) is 15.7. The second-order valence-electron chi connectivity index (χ2n) is 3.90. The molecule has 1 N–H and O–H groups in total. The van der Waals surface area contributed by atoms with Crippen LogP contribution in [0.5, 0.6) is 0 Å². The molecule has 7 nitrogen and oxygen atoms in total. The molecule has 108 valence electrons. The van der Waals surface area contributed by atoms with Gasteiger partial charge in [-0.25, -0.2) is 13.2 Å². The lowest BCUT2D eigenvalue weighted by Crippen LogP contribution is -2.26. The maximum Gasteiger partial charge on any atom is 0.355 e. The number of carbonyl (C=O) groups is 1. The van der Waals surface area contributed by atoms with Crippen molar-refractivity contribution in [3.63, 3.8) is 0 Å². The zero-order valence-electron chi connectivity index (χ0n) is 11.6. The summed E-state index contributed by atoms with van der Waals surface area (Å²) in [6.45, 7) is 5.02. The molecule has 0 spiro atoms. The Morgan fingerprint density at radius 1 is 1.37 bits per heavy atom. The van der Waals surface area contributed by atoms with Crippen LogP contribution in [0.1, 0.15) is 28.7 Å². The Labute approximate surface area is 112 Å². The van der Waals surface area contributed by atoms with Gasteiger partial charge in [-0.1, -0.05) is 4.47 Å². The Hall–Kier alpha value is -1.38. The molecule has 0 bridgehead atoms. The molecule has 0 atom stereocenters. The minimum atomic E-state index is -3.81. The van der Waals surface area contributed by atoms with Gasteiger partial charge in [0.2, 0.25) is 0 Å². The van der Waals surface area contributed by atoms with E-state index in [0.29, 0.717) is 11.3 Å². The van der Waals surface area contributed by atoms with Crippen molar-refractivity contribution >= 4 is 16.0 Å². The molecule has 0 aliphatic rings. The molecule has 1 heterocycles. The van der Waals surface area contributed by atoms with Crippen LogP contribution >= 0.6 is 0 Å². The van der Waals surface area contributed by atoms with Crippen LogP contribution in [0.2, 0.25) is 0 Å². The van der Waals surface area contributed by atoms with Crippen LogP contribution < -0.4 is 0 Å². The van der Waals surface area contributed by atoms with Gasteiger partial charge in [0.15, 0.2) is 0 Å². The summed E-state index contributed by atoms with van der Waals surface area (Å²) >= 11 is 0. The molecule has 19 heavy (non-hydrogen) atoms. The second kappa shape index (κ2) is 5.72. The van der Waals surface area contributed by atoms with E-state index < -0.39 is 16.0 Å². The Morgan fingerprint density at radius 3 is 2.42 bits per heavy atom. The van der Waals surface area contributed by atoms with E-state index in [4.69, 9.17) is 9.57 Å². The number of nitrogens with one attached hydrogen (secondary N) is 1. The van der Waals surface area contributed by atoms with Crippen molar-refractivity contribution in [1.82, 2.24) is 9.45 Å². The summed E-state index contributed by atoms with van der Waals surface area (Å²) in [5, 5.41) is 0. The number of hydrogen-bond donors (Lipinski definition) is 1. The molecule has 0 amide bonds. The van der Waals surface area contributed by atoms with Gasteiger partial charge in [0.05, 0.1) is 13.7 Å². The van der Waals surface area contributed by atoms with Crippen LogP contribution in [0.15, 0.2) is 4.90 Å². The highest BCUT2D eigenvalue weighted by Crippen LogP contribution is 2.26. The normalized spacial score (nSPS) is 11.9. The number of rotatable bonds is 5. The second-order valence-corrected chi connectivity index (χ2v) is 5.77. The number of carbonyl (C=O) groups excluding carboxylic acids is 1. The molecule has 0 aliphatic heterocycles. The number of hydrogen-bond acceptors (Lipinski definition) is 5. The number of aryl methyl sites for hydroxylation is 1. The van der Waals surface area contributed by atoms with Gasteiger partial charge in [-0.2, -0.15) is 0 Å². The number of sulfonamides is 1. The Kier molecular flexibility index (Phi) is 4.72. The fourth-order valence-electron chi connectivity index (χ4n) is 1.75. The summed E-state index contributed by atoms with van der Waals surface area (Å²) in [5.41, 5.74) is 0.826. The van der Waals surface area contributed by atoms with E-state index in [2.05, 4.69) is 4.98 Å². The van der Waals surface area contributed by atoms with Crippen LogP contribution in [0.4, 0.5) is 0 Å². The van der Waals surface area contributed by atoms with Gasteiger partial charge in [-0.05, 0) is 20.8 Å². The predicted octanol–water partition coefficient (Wildman–Crippen LogP) is 0.990. The molecule has 0 fully saturated rings. The lowest BCUT2D eigenvalue weighted by atomic mass is 10.2. The topological polar surface area (TPSA) is 88.7 Å². The smallest absolute Gasteiger partial charge is 0.355 e. The average molecular weight is 290 g/mol. The van der Waals surface area contributed by atoms with Gasteiger partial charge in [0.25, 0.3) is 10.0 Å². The summed E-state index contributed by atoms with van der Waals surface area (Å²) in [6, 6.07) is 0. The first-order valence-corrected chi connectivity index (χ1v) is 7.10. The zero-order valence-corrected chi connectivity index (χ0v) is 12.4. The number of aromatic amines is 1. The van der Waals surface area contributed by atoms with E-state index in [-0.39, 0.29) is 17.2 Å². The third-order valence-electron chi connectivity index (χ3n) is 2.70. The van der Waals surface area contributed by atoms with Crippen molar-refractivity contribution in [3.05, 3.63) is 17.0 Å². The molecule has 1 aromatic heterocycles. The molecule has 0 saturated heterocycles. The van der Waals surface area contributed by atoms with Crippen molar-refractivity contribution in [3.8, 4) is 0 Å². The number of esters is 1. The van der Waals surface area contributed by atoms with Crippen molar-refractivity contribution in [1.29, 1.82) is 0 Å². The van der Waals surface area contributed by atoms with Crippen LogP contribution in [-0.2, 0) is 19.6 Å². The molecule has 0 unspecified atom stereocenters. The van der Waals surface area contributed by atoms with E-state index in [1.165, 1.54) is 14.2 Å². The minimum absolute atomic E-state index is 0.0277. The molecule has 1 rings (SSSR count). The van der Waals surface area contributed by atoms with Gasteiger partial charge < -0.3 is 9.72 Å². The minimum Gasteiger partial charge on any atom is -0.461 e. The van der Waals surface area contributed by atoms with Crippen LogP contribution in [0.3, 0.4) is 0 Å². The van der Waals surface area contributed by atoms with Gasteiger partial charge in [-0.15, -0.1) is 0 Å². The molecule has 0 saturated carbocycles. The SMILES string of the molecule is CCOC(=O)c1[nH]c(C)c(S(=O)(=O)N(C)OC)c1C. The van der Waals surface area contributed by atoms with Gasteiger partial charge in [0.1, 0.15) is 10.6 Å². The van der Waals surface area contributed by atoms with Crippen molar-refractivity contribution < 1.29 is 22.8 Å². The molecule has 0 aromatic carbocycles. The maximum absolute atomic E-state index is 12.2. The van der Waals surface area contributed by atoms with E-state index in [1.807, 2.05) is 0 Å². The highest BCUT2D eigenvalue weighted by Gasteiger charge is 2.30. The van der Waals surface area contributed by atoms with E-state index in [1.54, 1.807) is 20.8 Å². The molecule has 0 aliphatic carbocycles. The van der Waals surface area contributed by atoms with Crippen LogP contribution in [-0.4, -0.2) is 44.6 Å². The molecular formula is C11H18N2O5S. The lowest BCUT2D eigenvalue weighted by molar-refractivity contribution is -0.0259. The molecule has 1 aromatic rings. The highest BCUT2D eigenvalue weighted by molar-refractivity contribution is 7.89. The lowest BCUT2D eigenvalue weighted by Gasteiger charge is -2.14. The third-order valence-corrected chi connectivity index (χ3v) is 4.66. The quantitative estimate of drug-likeness (QED) is 0.645. The first-order chi connectivity index (χ1) is 8.77. The number of H-pyrrole nitrogens is 1. The van der Waals surface area contributed by atoms with Crippen LogP contribution in [0, 0.1) is 13.8 Å². The standard InChI is InChI=1S/C11H18N2O5S/c1-6-18-11(14)9-7(2)10(8(3)12-9)19(15,16)13(4)17-5/h12H,6H2,1-5H3. The molecule has 0 radical (unpaired) electrons. The van der Waals surface area contributed by atoms with E-state index in [9.17, 15) is 13.2 Å². The maximum atomic E-state index is 12.2. The van der Waals surface area contributed by atoms with Crippen LogP contribution in [0.25, 0.3) is 0 Å². The van der Waals surface area contributed by atoms with Crippen molar-refractivity contribution in [2.75, 3.05) is 20.8 Å². The number of hydroxylamine groups is 1. The number of aromatic nitrogens is 1. The van der Waals surface area contributed by atoms with Crippen molar-refractivity contribution in [2.45, 2.75) is 25.7 Å².